The van der Waals surface area contributed by atoms with Crippen molar-refractivity contribution in [2.45, 2.75) is 20.3 Å². The third-order valence-electron chi connectivity index (χ3n) is 6.10. The van der Waals surface area contributed by atoms with Gasteiger partial charge >= 0.3 is 0 Å². The van der Waals surface area contributed by atoms with Crippen molar-refractivity contribution in [3.63, 3.8) is 0 Å². The number of rotatable bonds is 4. The van der Waals surface area contributed by atoms with Crippen molar-refractivity contribution >= 4 is 22.7 Å². The fourth-order valence-corrected chi connectivity index (χ4v) is 4.23. The monoisotopic (exact) mass is 423 g/mol. The first-order valence-electron chi connectivity index (χ1n) is 10.5. The van der Waals surface area contributed by atoms with Gasteiger partial charge in [-0.2, -0.15) is 0 Å². The van der Waals surface area contributed by atoms with Crippen molar-refractivity contribution in [1.29, 1.82) is 0 Å². The highest BCUT2D eigenvalue weighted by molar-refractivity contribution is 6.21. The first-order chi connectivity index (χ1) is 15.5. The third kappa shape index (κ3) is 3.03. The summed E-state index contributed by atoms with van der Waals surface area (Å²) in [6.07, 6.45) is 0.263. The van der Waals surface area contributed by atoms with Gasteiger partial charge in [-0.3, -0.25) is 23.9 Å². The Kier molecular flexibility index (Phi) is 4.70. The Balaban J connectivity index is 1.60. The zero-order valence-electron chi connectivity index (χ0n) is 17.8. The number of carbonyl (C=O) groups excluding carboxylic acids is 2. The van der Waals surface area contributed by atoms with Crippen LogP contribution in [-0.2, 0) is 6.42 Å². The van der Waals surface area contributed by atoms with E-state index in [-0.39, 0.29) is 30.3 Å². The summed E-state index contributed by atoms with van der Waals surface area (Å²) in [5.74, 6) is -0.113. The third-order valence-corrected chi connectivity index (χ3v) is 6.10. The van der Waals surface area contributed by atoms with Crippen LogP contribution in [0.2, 0.25) is 0 Å². The summed E-state index contributed by atoms with van der Waals surface area (Å²) in [5.41, 5.74) is 4.05. The minimum Gasteiger partial charge on any atom is -0.274 e. The largest absolute Gasteiger partial charge is 0.274 e. The van der Waals surface area contributed by atoms with Crippen molar-refractivity contribution < 1.29 is 9.59 Å². The molecule has 1 aliphatic heterocycles. The van der Waals surface area contributed by atoms with E-state index in [1.54, 1.807) is 41.0 Å². The van der Waals surface area contributed by atoms with Gasteiger partial charge in [0, 0.05) is 13.0 Å². The Bertz CT molecular complexity index is 1430. The van der Waals surface area contributed by atoms with Gasteiger partial charge in [-0.25, -0.2) is 4.98 Å². The summed E-state index contributed by atoms with van der Waals surface area (Å²) in [5, 5.41) is 0.526. The highest BCUT2D eigenvalue weighted by Crippen LogP contribution is 2.24. The molecular formula is C26H21N3O3. The lowest BCUT2D eigenvalue weighted by Gasteiger charge is -2.19. The van der Waals surface area contributed by atoms with Crippen molar-refractivity contribution in [1.82, 2.24) is 14.5 Å². The molecule has 4 aromatic rings. The molecule has 6 heteroatoms. The van der Waals surface area contributed by atoms with Gasteiger partial charge < -0.3 is 0 Å². The highest BCUT2D eigenvalue weighted by atomic mass is 16.2. The summed E-state index contributed by atoms with van der Waals surface area (Å²) in [7, 11) is 0. The molecule has 158 valence electrons. The van der Waals surface area contributed by atoms with Crippen LogP contribution in [0.5, 0.6) is 0 Å². The van der Waals surface area contributed by atoms with E-state index >= 15 is 0 Å². The summed E-state index contributed by atoms with van der Waals surface area (Å²) in [6.45, 7) is 4.11. The number of amides is 2. The number of hydrogen-bond acceptors (Lipinski definition) is 4. The average molecular weight is 423 g/mol. The molecule has 0 bridgehead atoms. The maximum atomic E-state index is 13.5. The van der Waals surface area contributed by atoms with Gasteiger partial charge in [0.15, 0.2) is 0 Å². The molecular weight excluding hydrogens is 402 g/mol. The first-order valence-corrected chi connectivity index (χ1v) is 10.5. The average Bonchev–Trinajstić information content (AvgIpc) is 3.05. The van der Waals surface area contributed by atoms with Crippen LogP contribution in [0.3, 0.4) is 0 Å². The Morgan fingerprint density at radius 3 is 2.16 bits per heavy atom. The van der Waals surface area contributed by atoms with Crippen LogP contribution < -0.4 is 5.56 Å². The van der Waals surface area contributed by atoms with Gasteiger partial charge in [-0.15, -0.1) is 0 Å². The van der Waals surface area contributed by atoms with E-state index in [1.165, 1.54) is 4.90 Å². The van der Waals surface area contributed by atoms with E-state index in [0.29, 0.717) is 27.9 Å². The Morgan fingerprint density at radius 1 is 0.781 bits per heavy atom. The number of benzene rings is 3. The fourth-order valence-electron chi connectivity index (χ4n) is 4.23. The standard InChI is InChI=1S/C26H21N3O3/c1-16-8-7-13-22(17(16)2)29-23(27-21-12-6-5-11-20(21)26(29)32)14-15-28-24(30)18-9-3-4-10-19(18)25(28)31/h3-13H,14-15H2,1-2H3. The topological polar surface area (TPSA) is 72.3 Å². The fraction of sp³-hybridized carbons (Fsp3) is 0.154. The lowest BCUT2D eigenvalue weighted by Crippen LogP contribution is -2.34. The van der Waals surface area contributed by atoms with Crippen LogP contribution in [0.4, 0.5) is 0 Å². The molecule has 2 amide bonds. The second-order valence-electron chi connectivity index (χ2n) is 7.96. The van der Waals surface area contributed by atoms with Crippen molar-refractivity contribution in [3.05, 3.63) is 105 Å². The molecule has 0 N–H and O–H groups in total. The maximum Gasteiger partial charge on any atom is 0.265 e. The minimum absolute atomic E-state index is 0.141. The maximum absolute atomic E-state index is 13.5. The molecule has 5 rings (SSSR count). The second kappa shape index (κ2) is 7.57. The van der Waals surface area contributed by atoms with E-state index in [4.69, 9.17) is 4.98 Å². The van der Waals surface area contributed by atoms with Crippen LogP contribution in [0.1, 0.15) is 37.7 Å². The normalized spacial score (nSPS) is 13.1. The molecule has 0 spiro atoms. The number of imide groups is 1. The van der Waals surface area contributed by atoms with E-state index in [2.05, 4.69) is 0 Å². The first kappa shape index (κ1) is 19.9. The van der Waals surface area contributed by atoms with Crippen LogP contribution in [-0.4, -0.2) is 32.8 Å². The highest BCUT2D eigenvalue weighted by Gasteiger charge is 2.35. The number of nitrogens with zero attached hydrogens (tertiary/aromatic N) is 3. The minimum atomic E-state index is -0.313. The Morgan fingerprint density at radius 2 is 1.44 bits per heavy atom. The number of aryl methyl sites for hydroxylation is 1. The zero-order valence-corrected chi connectivity index (χ0v) is 17.8. The van der Waals surface area contributed by atoms with Crippen LogP contribution >= 0.6 is 0 Å². The molecule has 0 aliphatic carbocycles. The number of carbonyl (C=O) groups is 2. The van der Waals surface area contributed by atoms with E-state index in [9.17, 15) is 14.4 Å². The van der Waals surface area contributed by atoms with Crippen LogP contribution in [0.25, 0.3) is 16.6 Å². The van der Waals surface area contributed by atoms with Gasteiger partial charge in [0.25, 0.3) is 17.4 Å². The predicted molar refractivity (Wildman–Crippen MR) is 122 cm³/mol. The molecule has 0 saturated heterocycles. The number of para-hydroxylation sites is 1. The molecule has 0 radical (unpaired) electrons. The molecule has 32 heavy (non-hydrogen) atoms. The smallest absolute Gasteiger partial charge is 0.265 e. The molecule has 0 fully saturated rings. The summed E-state index contributed by atoms with van der Waals surface area (Å²) in [4.78, 5) is 45.0. The molecule has 1 aliphatic rings. The Labute approximate surface area is 184 Å². The van der Waals surface area contributed by atoms with E-state index in [0.717, 1.165) is 16.8 Å². The summed E-state index contributed by atoms with van der Waals surface area (Å²) in [6, 6.07) is 19.8. The molecule has 6 nitrogen and oxygen atoms in total. The van der Waals surface area contributed by atoms with Gasteiger partial charge in [-0.1, -0.05) is 36.4 Å². The molecule has 0 saturated carbocycles. The SMILES string of the molecule is Cc1cccc(-n2c(CCN3C(=O)c4ccccc4C3=O)nc3ccccc3c2=O)c1C. The lowest BCUT2D eigenvalue weighted by molar-refractivity contribution is 0.0655. The van der Waals surface area contributed by atoms with Crippen molar-refractivity contribution in [3.8, 4) is 5.69 Å². The van der Waals surface area contributed by atoms with Crippen LogP contribution in [0.15, 0.2) is 71.5 Å². The number of aromatic nitrogens is 2. The van der Waals surface area contributed by atoms with Gasteiger partial charge in [-0.05, 0) is 55.3 Å². The van der Waals surface area contributed by atoms with E-state index < -0.39 is 0 Å². The molecule has 0 atom stereocenters. The van der Waals surface area contributed by atoms with Crippen molar-refractivity contribution in [2.75, 3.05) is 6.54 Å². The van der Waals surface area contributed by atoms with Crippen LogP contribution in [0, 0.1) is 13.8 Å². The second-order valence-corrected chi connectivity index (χ2v) is 7.96. The number of fused-ring (bicyclic) bond motifs is 2. The lowest BCUT2D eigenvalue weighted by atomic mass is 10.1. The molecule has 2 heterocycles. The predicted octanol–water partition coefficient (Wildman–Crippen LogP) is 3.84. The molecule has 1 aromatic heterocycles. The van der Waals surface area contributed by atoms with Crippen molar-refractivity contribution in [2.24, 2.45) is 0 Å². The summed E-state index contributed by atoms with van der Waals surface area (Å²) >= 11 is 0. The van der Waals surface area contributed by atoms with E-state index in [1.807, 2.05) is 44.2 Å². The van der Waals surface area contributed by atoms with Gasteiger partial charge in [0.05, 0.1) is 27.7 Å². The van der Waals surface area contributed by atoms with Gasteiger partial charge in [0.2, 0.25) is 0 Å². The van der Waals surface area contributed by atoms with Gasteiger partial charge in [0.1, 0.15) is 5.82 Å². The Hall–Kier alpha value is -4.06. The molecule has 3 aromatic carbocycles. The zero-order chi connectivity index (χ0) is 22.4. The molecule has 0 unspecified atom stereocenters. The quantitative estimate of drug-likeness (QED) is 0.468. The number of hydrogen-bond donors (Lipinski definition) is 0. The summed E-state index contributed by atoms with van der Waals surface area (Å²) < 4.78 is 1.61.